The van der Waals surface area contributed by atoms with Crippen LogP contribution in [0.1, 0.15) is 31.4 Å². The maximum Gasteiger partial charge on any atom is 0.244 e. The Morgan fingerprint density at radius 1 is 1.03 bits per heavy atom. The van der Waals surface area contributed by atoms with Crippen LogP contribution >= 0.6 is 0 Å². The van der Waals surface area contributed by atoms with Gasteiger partial charge in [-0.1, -0.05) is 55.5 Å². The van der Waals surface area contributed by atoms with Gasteiger partial charge in [-0.3, -0.25) is 13.9 Å². The third-order valence-corrected chi connectivity index (χ3v) is 6.39. The van der Waals surface area contributed by atoms with E-state index in [9.17, 15) is 18.0 Å². The molecule has 0 bridgehead atoms. The van der Waals surface area contributed by atoms with Gasteiger partial charge in [-0.2, -0.15) is 0 Å². The molecular weight excluding hydrogens is 426 g/mol. The van der Waals surface area contributed by atoms with E-state index in [1.165, 1.54) is 4.90 Å². The largest absolute Gasteiger partial charge is 0.354 e. The molecule has 1 atom stereocenters. The number of carbonyl (C=O) groups excluding carboxylic acids is 2. The van der Waals surface area contributed by atoms with Crippen LogP contribution in [-0.2, 0) is 26.0 Å². The summed E-state index contributed by atoms with van der Waals surface area (Å²) in [5.74, 6) is -0.677. The molecule has 0 aliphatic carbocycles. The highest BCUT2D eigenvalue weighted by Crippen LogP contribution is 2.22. The molecule has 0 heterocycles. The van der Waals surface area contributed by atoms with E-state index in [0.717, 1.165) is 28.1 Å². The summed E-state index contributed by atoms with van der Waals surface area (Å²) in [6.07, 6.45) is 2.42. The molecule has 174 valence electrons. The molecule has 0 fully saturated rings. The minimum absolute atomic E-state index is 0.255. The third kappa shape index (κ3) is 7.09. The average Bonchev–Trinajstić information content (AvgIpc) is 2.76. The molecule has 2 aromatic carbocycles. The highest BCUT2D eigenvalue weighted by atomic mass is 32.2. The van der Waals surface area contributed by atoms with Gasteiger partial charge < -0.3 is 10.2 Å². The van der Waals surface area contributed by atoms with Gasteiger partial charge >= 0.3 is 0 Å². The number of benzene rings is 2. The summed E-state index contributed by atoms with van der Waals surface area (Å²) in [6.45, 7) is 5.87. The van der Waals surface area contributed by atoms with Gasteiger partial charge in [-0.15, -0.1) is 0 Å². The molecule has 1 unspecified atom stereocenters. The maximum atomic E-state index is 13.4. The summed E-state index contributed by atoms with van der Waals surface area (Å²) < 4.78 is 26.2. The number of nitrogens with zero attached hydrogens (tertiary/aromatic N) is 2. The van der Waals surface area contributed by atoms with Crippen molar-refractivity contribution in [3.63, 3.8) is 0 Å². The molecule has 0 spiro atoms. The Morgan fingerprint density at radius 2 is 1.66 bits per heavy atom. The third-order valence-electron chi connectivity index (χ3n) is 5.26. The van der Waals surface area contributed by atoms with Crippen molar-refractivity contribution in [2.45, 2.75) is 39.7 Å². The minimum Gasteiger partial charge on any atom is -0.354 e. The lowest BCUT2D eigenvalue weighted by molar-refractivity contribution is -0.138. The second-order valence-corrected chi connectivity index (χ2v) is 9.75. The predicted octanol–water partition coefficient (Wildman–Crippen LogP) is 2.75. The Morgan fingerprint density at radius 3 is 2.25 bits per heavy atom. The van der Waals surface area contributed by atoms with Crippen molar-refractivity contribution < 1.29 is 18.0 Å². The van der Waals surface area contributed by atoms with Crippen LogP contribution in [0, 0.1) is 6.92 Å². The number of nitrogens with one attached hydrogen (secondary N) is 1. The summed E-state index contributed by atoms with van der Waals surface area (Å²) in [5, 5.41) is 2.83. The number of rotatable bonds is 11. The standard InChI is InChI=1S/C24H33N3O4S/c1-5-16-25-24(29)20(3)26(17-15-21-12-7-6-8-13-21)23(28)18-27(32(4,30)31)22-14-10-9-11-19(22)2/h6-14,20H,5,15-18H2,1-4H3,(H,25,29). The van der Waals surface area contributed by atoms with Gasteiger partial charge in [0.25, 0.3) is 0 Å². The Labute approximate surface area is 191 Å². The molecule has 0 aliphatic rings. The first-order chi connectivity index (χ1) is 15.1. The Balaban J connectivity index is 2.29. The van der Waals surface area contributed by atoms with Gasteiger partial charge in [0.2, 0.25) is 21.8 Å². The second kappa shape index (κ2) is 11.7. The van der Waals surface area contributed by atoms with E-state index < -0.39 is 22.0 Å². The molecule has 7 nitrogen and oxygen atoms in total. The molecule has 0 aromatic heterocycles. The van der Waals surface area contributed by atoms with E-state index in [2.05, 4.69) is 5.32 Å². The fourth-order valence-corrected chi connectivity index (χ4v) is 4.31. The van der Waals surface area contributed by atoms with E-state index in [0.29, 0.717) is 25.2 Å². The lowest BCUT2D eigenvalue weighted by atomic mass is 10.1. The zero-order valence-electron chi connectivity index (χ0n) is 19.2. The van der Waals surface area contributed by atoms with Crippen molar-refractivity contribution in [3.05, 3.63) is 65.7 Å². The van der Waals surface area contributed by atoms with Crippen molar-refractivity contribution >= 4 is 27.5 Å². The number of para-hydroxylation sites is 1. The maximum absolute atomic E-state index is 13.4. The van der Waals surface area contributed by atoms with Crippen LogP contribution < -0.4 is 9.62 Å². The van der Waals surface area contributed by atoms with Crippen molar-refractivity contribution in [2.24, 2.45) is 0 Å². The first kappa shape index (κ1) is 25.4. The smallest absolute Gasteiger partial charge is 0.244 e. The van der Waals surface area contributed by atoms with E-state index in [4.69, 9.17) is 0 Å². The molecule has 8 heteroatoms. The van der Waals surface area contributed by atoms with Crippen LogP contribution in [0.25, 0.3) is 0 Å². The van der Waals surface area contributed by atoms with Crippen molar-refractivity contribution in [1.29, 1.82) is 0 Å². The molecule has 2 rings (SSSR count). The molecule has 0 radical (unpaired) electrons. The topological polar surface area (TPSA) is 86.8 Å². The zero-order chi connectivity index (χ0) is 23.7. The molecule has 0 aliphatic heterocycles. The number of hydrogen-bond acceptors (Lipinski definition) is 4. The predicted molar refractivity (Wildman–Crippen MR) is 128 cm³/mol. The second-order valence-electron chi connectivity index (χ2n) is 7.85. The summed E-state index contributed by atoms with van der Waals surface area (Å²) in [5.41, 5.74) is 2.23. The normalized spacial score (nSPS) is 12.1. The van der Waals surface area contributed by atoms with E-state index in [1.54, 1.807) is 32.0 Å². The monoisotopic (exact) mass is 459 g/mol. The Hall–Kier alpha value is -2.87. The van der Waals surface area contributed by atoms with Crippen LogP contribution in [0.5, 0.6) is 0 Å². The highest BCUT2D eigenvalue weighted by molar-refractivity contribution is 7.92. The van der Waals surface area contributed by atoms with Crippen molar-refractivity contribution in [3.8, 4) is 0 Å². The SMILES string of the molecule is CCCNC(=O)C(C)N(CCc1ccccc1)C(=O)CN(c1ccccc1C)S(C)(=O)=O. The average molecular weight is 460 g/mol. The number of aryl methyl sites for hydroxylation is 1. The number of sulfonamides is 1. The minimum atomic E-state index is -3.71. The number of hydrogen-bond donors (Lipinski definition) is 1. The number of anilines is 1. The van der Waals surface area contributed by atoms with Crippen LogP contribution in [0.4, 0.5) is 5.69 Å². The van der Waals surface area contributed by atoms with Crippen LogP contribution in [-0.4, -0.2) is 57.1 Å². The first-order valence-corrected chi connectivity index (χ1v) is 12.6. The lowest BCUT2D eigenvalue weighted by Gasteiger charge is -2.31. The fraction of sp³-hybridized carbons (Fsp3) is 0.417. The van der Waals surface area contributed by atoms with Gasteiger partial charge in [0, 0.05) is 13.1 Å². The van der Waals surface area contributed by atoms with Crippen LogP contribution in [0.15, 0.2) is 54.6 Å². The summed E-state index contributed by atoms with van der Waals surface area (Å²) in [7, 11) is -3.71. The molecule has 2 amide bonds. The summed E-state index contributed by atoms with van der Waals surface area (Å²) in [6, 6.07) is 16.0. The molecule has 0 saturated carbocycles. The molecule has 1 N–H and O–H groups in total. The molecular formula is C24H33N3O4S. The van der Waals surface area contributed by atoms with Crippen LogP contribution in [0.2, 0.25) is 0 Å². The quantitative estimate of drug-likeness (QED) is 0.560. The van der Waals surface area contributed by atoms with Gasteiger partial charge in [-0.05, 0) is 43.9 Å². The summed E-state index contributed by atoms with van der Waals surface area (Å²) in [4.78, 5) is 27.5. The van der Waals surface area contributed by atoms with Gasteiger partial charge in [0.05, 0.1) is 11.9 Å². The number of carbonyl (C=O) groups is 2. The first-order valence-electron chi connectivity index (χ1n) is 10.8. The Kier molecular flexibility index (Phi) is 9.26. The van der Waals surface area contributed by atoms with Crippen molar-refractivity contribution in [2.75, 3.05) is 30.2 Å². The van der Waals surface area contributed by atoms with Crippen molar-refractivity contribution in [1.82, 2.24) is 10.2 Å². The van der Waals surface area contributed by atoms with Gasteiger partial charge in [0.15, 0.2) is 0 Å². The number of amides is 2. The van der Waals surface area contributed by atoms with E-state index in [-0.39, 0.29) is 12.5 Å². The van der Waals surface area contributed by atoms with E-state index in [1.807, 2.05) is 43.3 Å². The highest BCUT2D eigenvalue weighted by Gasteiger charge is 2.30. The Bertz CT molecular complexity index is 1010. The molecule has 2 aromatic rings. The van der Waals surface area contributed by atoms with Crippen LogP contribution in [0.3, 0.4) is 0 Å². The molecule has 32 heavy (non-hydrogen) atoms. The lowest BCUT2D eigenvalue weighted by Crippen LogP contribution is -2.52. The van der Waals surface area contributed by atoms with Gasteiger partial charge in [-0.25, -0.2) is 8.42 Å². The van der Waals surface area contributed by atoms with E-state index >= 15 is 0 Å². The van der Waals surface area contributed by atoms with Gasteiger partial charge in [0.1, 0.15) is 12.6 Å². The fourth-order valence-electron chi connectivity index (χ4n) is 3.40. The zero-order valence-corrected chi connectivity index (χ0v) is 20.1. The molecule has 0 saturated heterocycles. The summed E-state index contributed by atoms with van der Waals surface area (Å²) >= 11 is 0.